The number of carbonyl (C=O) groups is 2. The molecule has 124 valence electrons. The van der Waals surface area contributed by atoms with Crippen LogP contribution in [0, 0.1) is 17.8 Å². The first-order valence-corrected chi connectivity index (χ1v) is 8.46. The minimum absolute atomic E-state index is 0.000717. The number of Topliss-reactive ketones (excluding diaryl/α,β-unsaturated/α-hetero) is 1. The van der Waals surface area contributed by atoms with Crippen LogP contribution in [0.15, 0.2) is 6.20 Å². The Kier molecular flexibility index (Phi) is 4.80. The highest BCUT2D eigenvalue weighted by molar-refractivity contribution is 6.28. The molecule has 0 aliphatic heterocycles. The molecule has 2 aliphatic rings. The number of carbonyl (C=O) groups excluding carboxylic acids is 1. The molecule has 0 radical (unpaired) electrons. The minimum atomic E-state index is -1.10. The Balaban J connectivity index is 1.60. The molecule has 0 saturated heterocycles. The number of aromatic nitrogens is 2. The van der Waals surface area contributed by atoms with Crippen LogP contribution in [0.1, 0.15) is 48.9 Å². The maximum atomic E-state index is 12.4. The Morgan fingerprint density at radius 1 is 1.39 bits per heavy atom. The van der Waals surface area contributed by atoms with Gasteiger partial charge in [0, 0.05) is 24.6 Å². The highest BCUT2D eigenvalue weighted by Crippen LogP contribution is 2.41. The first kappa shape index (κ1) is 16.2. The van der Waals surface area contributed by atoms with Crippen LogP contribution in [0.4, 0.5) is 5.82 Å². The van der Waals surface area contributed by atoms with E-state index in [1.54, 1.807) is 0 Å². The van der Waals surface area contributed by atoms with Gasteiger partial charge in [-0.15, -0.1) is 0 Å². The van der Waals surface area contributed by atoms with E-state index in [-0.39, 0.29) is 28.5 Å². The Bertz CT molecular complexity index is 623. The highest BCUT2D eigenvalue weighted by atomic mass is 35.5. The SMILES string of the molecule is O=C(O)c1cnc(Cl)nc1NCCC1CC2CCCC(C2)C1=O. The number of rotatable bonds is 5. The average Bonchev–Trinajstić information content (AvgIpc) is 2.52. The zero-order valence-corrected chi connectivity index (χ0v) is 13.6. The van der Waals surface area contributed by atoms with E-state index in [1.165, 1.54) is 19.0 Å². The summed E-state index contributed by atoms with van der Waals surface area (Å²) in [6.07, 6.45) is 7.36. The second-order valence-electron chi connectivity index (χ2n) is 6.49. The van der Waals surface area contributed by atoms with Crippen LogP contribution in [0.2, 0.25) is 5.28 Å². The monoisotopic (exact) mass is 337 g/mol. The molecule has 2 N–H and O–H groups in total. The van der Waals surface area contributed by atoms with Gasteiger partial charge in [0.1, 0.15) is 17.2 Å². The molecule has 0 aromatic carbocycles. The maximum absolute atomic E-state index is 12.4. The van der Waals surface area contributed by atoms with Crippen molar-refractivity contribution < 1.29 is 14.7 Å². The van der Waals surface area contributed by atoms with Crippen molar-refractivity contribution in [1.82, 2.24) is 9.97 Å². The predicted octanol–water partition coefficient (Wildman–Crippen LogP) is 3.03. The van der Waals surface area contributed by atoms with Crippen LogP contribution < -0.4 is 5.32 Å². The van der Waals surface area contributed by atoms with E-state index in [9.17, 15) is 9.59 Å². The molecule has 7 heteroatoms. The lowest BCUT2D eigenvalue weighted by atomic mass is 9.66. The molecular weight excluding hydrogens is 318 g/mol. The molecule has 1 heterocycles. The first-order chi connectivity index (χ1) is 11.0. The van der Waals surface area contributed by atoms with E-state index in [1.807, 2.05) is 0 Å². The molecule has 1 aromatic heterocycles. The number of anilines is 1. The number of aromatic carboxylic acids is 1. The van der Waals surface area contributed by atoms with Gasteiger partial charge in [-0.3, -0.25) is 4.79 Å². The Hall–Kier alpha value is -1.69. The van der Waals surface area contributed by atoms with E-state index in [0.29, 0.717) is 24.7 Å². The maximum Gasteiger partial charge on any atom is 0.341 e. The van der Waals surface area contributed by atoms with E-state index >= 15 is 0 Å². The fraction of sp³-hybridized carbons (Fsp3) is 0.625. The third-order valence-corrected chi connectivity index (χ3v) is 5.16. The van der Waals surface area contributed by atoms with Crippen LogP contribution in [-0.2, 0) is 4.79 Å². The topological polar surface area (TPSA) is 92.2 Å². The smallest absolute Gasteiger partial charge is 0.341 e. The lowest BCUT2D eigenvalue weighted by Gasteiger charge is -2.37. The lowest BCUT2D eigenvalue weighted by molar-refractivity contribution is -0.132. The van der Waals surface area contributed by atoms with Gasteiger partial charge in [0.2, 0.25) is 5.28 Å². The van der Waals surface area contributed by atoms with E-state index in [4.69, 9.17) is 16.7 Å². The molecule has 2 fully saturated rings. The second-order valence-corrected chi connectivity index (χ2v) is 6.82. The van der Waals surface area contributed by atoms with Gasteiger partial charge in [-0.1, -0.05) is 12.8 Å². The van der Waals surface area contributed by atoms with E-state index in [2.05, 4.69) is 15.3 Å². The predicted molar refractivity (Wildman–Crippen MR) is 85.7 cm³/mol. The third kappa shape index (κ3) is 3.63. The third-order valence-electron chi connectivity index (χ3n) is 4.98. The number of hydrogen-bond donors (Lipinski definition) is 2. The van der Waals surface area contributed by atoms with Crippen molar-refractivity contribution in [2.75, 3.05) is 11.9 Å². The molecule has 2 aliphatic carbocycles. The molecule has 2 bridgehead atoms. The van der Waals surface area contributed by atoms with Gasteiger partial charge in [0.05, 0.1) is 0 Å². The summed E-state index contributed by atoms with van der Waals surface area (Å²) in [5.74, 6) is 0.502. The molecule has 23 heavy (non-hydrogen) atoms. The molecule has 1 aromatic rings. The number of nitrogens with one attached hydrogen (secondary N) is 1. The van der Waals surface area contributed by atoms with Gasteiger partial charge >= 0.3 is 5.97 Å². The molecule has 6 nitrogen and oxygen atoms in total. The van der Waals surface area contributed by atoms with Gasteiger partial charge in [-0.25, -0.2) is 9.78 Å². The summed E-state index contributed by atoms with van der Waals surface area (Å²) in [5, 5.41) is 12.1. The molecule has 3 unspecified atom stereocenters. The lowest BCUT2D eigenvalue weighted by Crippen LogP contribution is -2.36. The fourth-order valence-electron chi connectivity index (χ4n) is 3.89. The van der Waals surface area contributed by atoms with Gasteiger partial charge in [-0.05, 0) is 43.2 Å². The van der Waals surface area contributed by atoms with Crippen molar-refractivity contribution in [2.24, 2.45) is 17.8 Å². The van der Waals surface area contributed by atoms with Gasteiger partial charge in [0.25, 0.3) is 0 Å². The van der Waals surface area contributed by atoms with Gasteiger partial charge < -0.3 is 10.4 Å². The number of halogens is 1. The van der Waals surface area contributed by atoms with Crippen LogP contribution in [-0.4, -0.2) is 33.4 Å². The van der Waals surface area contributed by atoms with Gasteiger partial charge in [-0.2, -0.15) is 4.98 Å². The van der Waals surface area contributed by atoms with Crippen LogP contribution >= 0.6 is 11.6 Å². The zero-order valence-electron chi connectivity index (χ0n) is 12.8. The number of ketones is 1. The van der Waals surface area contributed by atoms with E-state index < -0.39 is 5.97 Å². The number of carboxylic acids is 1. The fourth-order valence-corrected chi connectivity index (χ4v) is 4.03. The summed E-state index contributed by atoms with van der Waals surface area (Å²) in [4.78, 5) is 31.2. The number of hydrogen-bond acceptors (Lipinski definition) is 5. The van der Waals surface area contributed by atoms with Crippen molar-refractivity contribution in [3.63, 3.8) is 0 Å². The largest absolute Gasteiger partial charge is 0.477 e. The summed E-state index contributed by atoms with van der Waals surface area (Å²) in [7, 11) is 0. The molecule has 2 saturated carbocycles. The van der Waals surface area contributed by atoms with Crippen molar-refractivity contribution in [3.8, 4) is 0 Å². The van der Waals surface area contributed by atoms with Crippen LogP contribution in [0.3, 0.4) is 0 Å². The zero-order chi connectivity index (χ0) is 16.4. The summed E-state index contributed by atoms with van der Waals surface area (Å²) in [6.45, 7) is 0.503. The molecule has 0 amide bonds. The molecule has 3 atom stereocenters. The normalized spacial score (nSPS) is 26.8. The molecule has 0 spiro atoms. The molecular formula is C16H20ClN3O3. The van der Waals surface area contributed by atoms with Crippen molar-refractivity contribution >= 4 is 29.2 Å². The highest BCUT2D eigenvalue weighted by Gasteiger charge is 2.38. The van der Waals surface area contributed by atoms with Crippen molar-refractivity contribution in [2.45, 2.75) is 38.5 Å². The quantitative estimate of drug-likeness (QED) is 0.802. The Morgan fingerprint density at radius 2 is 2.22 bits per heavy atom. The summed E-state index contributed by atoms with van der Waals surface area (Å²) in [5.41, 5.74) is -0.0127. The summed E-state index contributed by atoms with van der Waals surface area (Å²) in [6, 6.07) is 0. The average molecular weight is 338 g/mol. The van der Waals surface area contributed by atoms with Crippen LogP contribution in [0.5, 0.6) is 0 Å². The van der Waals surface area contributed by atoms with Gasteiger partial charge in [0.15, 0.2) is 0 Å². The van der Waals surface area contributed by atoms with E-state index in [0.717, 1.165) is 19.3 Å². The Labute approximate surface area is 139 Å². The number of fused-ring (bicyclic) bond motifs is 2. The first-order valence-electron chi connectivity index (χ1n) is 8.08. The van der Waals surface area contributed by atoms with Crippen molar-refractivity contribution in [3.05, 3.63) is 17.0 Å². The number of nitrogens with zero attached hydrogens (tertiary/aromatic N) is 2. The Morgan fingerprint density at radius 3 is 3.00 bits per heavy atom. The summed E-state index contributed by atoms with van der Waals surface area (Å²) >= 11 is 5.73. The molecule has 3 rings (SSSR count). The minimum Gasteiger partial charge on any atom is -0.477 e. The standard InChI is InChI=1S/C16H20ClN3O3/c17-16-19-8-12(15(22)23)14(20-16)18-5-4-11-7-9-2-1-3-10(6-9)13(11)21/h8-11H,1-7H2,(H,22,23)(H,18,19,20). The number of carboxylic acid groups (broad SMARTS) is 1. The second kappa shape index (κ2) is 6.83. The van der Waals surface area contributed by atoms with Crippen LogP contribution in [0.25, 0.3) is 0 Å². The van der Waals surface area contributed by atoms with Crippen molar-refractivity contribution in [1.29, 1.82) is 0 Å². The summed E-state index contributed by atoms with van der Waals surface area (Å²) < 4.78 is 0.